The van der Waals surface area contributed by atoms with Gasteiger partial charge < -0.3 is 16.4 Å². The molecular formula is C21H19F3N6O2. The fraction of sp³-hybridized carbons (Fsp3) is 0.143. The van der Waals surface area contributed by atoms with Crippen LogP contribution in [0, 0.1) is 6.92 Å². The van der Waals surface area contributed by atoms with Crippen molar-refractivity contribution in [3.63, 3.8) is 0 Å². The second-order valence-corrected chi connectivity index (χ2v) is 6.85. The molecule has 3 rings (SSSR count). The van der Waals surface area contributed by atoms with Gasteiger partial charge in [-0.25, -0.2) is 14.8 Å². The molecule has 1 heterocycles. The number of aryl methyl sites for hydroxylation is 1. The van der Waals surface area contributed by atoms with E-state index in [1.165, 1.54) is 42.5 Å². The highest BCUT2D eigenvalue weighted by Crippen LogP contribution is 2.30. The van der Waals surface area contributed by atoms with E-state index in [9.17, 15) is 22.8 Å². The Balaban J connectivity index is 1.73. The number of aromatic nitrogens is 2. The zero-order valence-electron chi connectivity index (χ0n) is 17.1. The van der Waals surface area contributed by atoms with Gasteiger partial charge in [-0.15, -0.1) is 0 Å². The molecule has 0 aliphatic rings. The first-order valence-corrected chi connectivity index (χ1v) is 9.26. The number of urea groups is 1. The fourth-order valence-electron chi connectivity index (χ4n) is 2.69. The van der Waals surface area contributed by atoms with Gasteiger partial charge in [0.1, 0.15) is 18.0 Å². The van der Waals surface area contributed by atoms with Gasteiger partial charge in [0, 0.05) is 30.1 Å². The van der Waals surface area contributed by atoms with E-state index in [2.05, 4.69) is 20.6 Å². The van der Waals surface area contributed by atoms with E-state index >= 15 is 0 Å². The van der Waals surface area contributed by atoms with Gasteiger partial charge >= 0.3 is 12.2 Å². The van der Waals surface area contributed by atoms with E-state index in [0.717, 1.165) is 12.1 Å². The summed E-state index contributed by atoms with van der Waals surface area (Å²) in [6, 6.07) is 9.65. The summed E-state index contributed by atoms with van der Waals surface area (Å²) < 4.78 is 38.0. The van der Waals surface area contributed by atoms with Gasteiger partial charge in [-0.05, 0) is 48.9 Å². The van der Waals surface area contributed by atoms with Crippen LogP contribution in [0.3, 0.4) is 0 Å². The second-order valence-electron chi connectivity index (χ2n) is 6.85. The van der Waals surface area contributed by atoms with Crippen LogP contribution in [-0.2, 0) is 6.18 Å². The largest absolute Gasteiger partial charge is 0.416 e. The number of carbonyl (C=O) groups is 2. The first-order chi connectivity index (χ1) is 15.0. The molecular weight excluding hydrogens is 425 g/mol. The normalized spacial score (nSPS) is 11.0. The monoisotopic (exact) mass is 444 g/mol. The molecule has 3 aromatic rings. The fourth-order valence-corrected chi connectivity index (χ4v) is 2.69. The Morgan fingerprint density at radius 2 is 1.69 bits per heavy atom. The maximum atomic E-state index is 12.7. The number of benzene rings is 2. The summed E-state index contributed by atoms with van der Waals surface area (Å²) >= 11 is 0. The summed E-state index contributed by atoms with van der Waals surface area (Å²) in [6.45, 7) is 1.75. The third kappa shape index (κ3) is 5.31. The van der Waals surface area contributed by atoms with Crippen molar-refractivity contribution in [2.75, 3.05) is 28.3 Å². The lowest BCUT2D eigenvalue weighted by Gasteiger charge is -2.18. The molecule has 0 saturated carbocycles. The number of rotatable bonds is 4. The van der Waals surface area contributed by atoms with Crippen molar-refractivity contribution >= 4 is 34.9 Å². The van der Waals surface area contributed by atoms with E-state index in [1.807, 2.05) is 0 Å². The van der Waals surface area contributed by atoms with Crippen molar-refractivity contribution < 1.29 is 22.8 Å². The number of nitrogen functional groups attached to an aromatic ring is 1. The summed E-state index contributed by atoms with van der Waals surface area (Å²) in [5.74, 6) is -0.0613. The van der Waals surface area contributed by atoms with Crippen LogP contribution in [0.4, 0.5) is 41.0 Å². The van der Waals surface area contributed by atoms with Gasteiger partial charge in [-0.3, -0.25) is 9.69 Å². The molecule has 166 valence electrons. The third-order valence-electron chi connectivity index (χ3n) is 4.53. The van der Waals surface area contributed by atoms with E-state index < -0.39 is 23.7 Å². The molecule has 11 heteroatoms. The molecule has 0 unspecified atom stereocenters. The zero-order valence-corrected chi connectivity index (χ0v) is 17.1. The van der Waals surface area contributed by atoms with Gasteiger partial charge in [0.2, 0.25) is 0 Å². The average molecular weight is 444 g/mol. The van der Waals surface area contributed by atoms with Gasteiger partial charge in [-0.1, -0.05) is 6.07 Å². The predicted molar refractivity (Wildman–Crippen MR) is 114 cm³/mol. The van der Waals surface area contributed by atoms with Crippen LogP contribution < -0.4 is 21.3 Å². The quantitative estimate of drug-likeness (QED) is 0.555. The smallest absolute Gasteiger partial charge is 0.384 e. The molecule has 4 N–H and O–H groups in total. The number of halogens is 3. The van der Waals surface area contributed by atoms with Gasteiger partial charge in [-0.2, -0.15) is 13.2 Å². The van der Waals surface area contributed by atoms with Crippen LogP contribution in [-0.4, -0.2) is 29.0 Å². The Morgan fingerprint density at radius 1 is 1.00 bits per heavy atom. The highest BCUT2D eigenvalue weighted by Gasteiger charge is 2.30. The number of carbonyl (C=O) groups excluding carboxylic acids is 2. The van der Waals surface area contributed by atoms with Crippen molar-refractivity contribution in [1.29, 1.82) is 0 Å². The van der Waals surface area contributed by atoms with Crippen LogP contribution in [0.15, 0.2) is 54.9 Å². The lowest BCUT2D eigenvalue weighted by atomic mass is 10.1. The predicted octanol–water partition coefficient (Wildman–Crippen LogP) is 4.31. The van der Waals surface area contributed by atoms with Crippen molar-refractivity contribution in [3.8, 4) is 0 Å². The Hall–Kier alpha value is -4.15. The molecule has 2 aromatic carbocycles. The molecule has 0 spiro atoms. The molecule has 0 saturated heterocycles. The molecule has 0 aliphatic heterocycles. The van der Waals surface area contributed by atoms with E-state index in [4.69, 9.17) is 5.73 Å². The summed E-state index contributed by atoms with van der Waals surface area (Å²) in [5, 5.41) is 5.22. The molecule has 32 heavy (non-hydrogen) atoms. The third-order valence-corrected chi connectivity index (χ3v) is 4.53. The minimum Gasteiger partial charge on any atom is -0.384 e. The van der Waals surface area contributed by atoms with Crippen molar-refractivity contribution in [1.82, 2.24) is 9.97 Å². The lowest BCUT2D eigenvalue weighted by molar-refractivity contribution is -0.137. The maximum absolute atomic E-state index is 12.7. The Bertz CT molecular complexity index is 1150. The van der Waals surface area contributed by atoms with Crippen LogP contribution in [0.1, 0.15) is 21.5 Å². The van der Waals surface area contributed by atoms with Gasteiger partial charge in [0.25, 0.3) is 5.91 Å². The molecule has 0 radical (unpaired) electrons. The number of nitrogens with two attached hydrogens (primary N) is 1. The molecule has 0 fully saturated rings. The van der Waals surface area contributed by atoms with Gasteiger partial charge in [0.15, 0.2) is 0 Å². The van der Waals surface area contributed by atoms with Crippen molar-refractivity contribution in [2.45, 2.75) is 13.1 Å². The number of nitrogens with zero attached hydrogens (tertiary/aromatic N) is 3. The van der Waals surface area contributed by atoms with Crippen molar-refractivity contribution in [3.05, 3.63) is 71.5 Å². The SMILES string of the molecule is Cc1ccc(C(=O)Nc2ccc(C(F)(F)F)cc2)cc1NC(=O)N(C)c1cc(N)ncn1. The van der Waals surface area contributed by atoms with Crippen LogP contribution in [0.25, 0.3) is 0 Å². The lowest BCUT2D eigenvalue weighted by Crippen LogP contribution is -2.32. The number of nitrogens with one attached hydrogen (secondary N) is 2. The maximum Gasteiger partial charge on any atom is 0.416 e. The summed E-state index contributed by atoms with van der Waals surface area (Å²) in [5.41, 5.74) is 6.28. The highest BCUT2D eigenvalue weighted by molar-refractivity contribution is 6.06. The molecule has 1 aromatic heterocycles. The minimum absolute atomic E-state index is 0.202. The first-order valence-electron chi connectivity index (χ1n) is 9.26. The Kier molecular flexibility index (Phi) is 6.28. The topological polar surface area (TPSA) is 113 Å². The number of alkyl halides is 3. The molecule has 0 bridgehead atoms. The number of amides is 3. The second kappa shape index (κ2) is 8.92. The minimum atomic E-state index is -4.46. The van der Waals surface area contributed by atoms with Crippen molar-refractivity contribution in [2.24, 2.45) is 0 Å². The van der Waals surface area contributed by atoms with Crippen LogP contribution in [0.2, 0.25) is 0 Å². The average Bonchev–Trinajstić information content (AvgIpc) is 2.74. The van der Waals surface area contributed by atoms with Crippen LogP contribution in [0.5, 0.6) is 0 Å². The number of hydrogen-bond donors (Lipinski definition) is 3. The highest BCUT2D eigenvalue weighted by atomic mass is 19.4. The Labute approximate surface area is 181 Å². The summed E-state index contributed by atoms with van der Waals surface area (Å²) in [6.07, 6.45) is -3.23. The summed E-state index contributed by atoms with van der Waals surface area (Å²) in [7, 11) is 1.49. The van der Waals surface area contributed by atoms with Crippen LogP contribution >= 0.6 is 0 Å². The number of hydrogen-bond acceptors (Lipinski definition) is 5. The molecule has 8 nitrogen and oxygen atoms in total. The summed E-state index contributed by atoms with van der Waals surface area (Å²) in [4.78, 5) is 34.1. The van der Waals surface area contributed by atoms with E-state index in [-0.39, 0.29) is 22.9 Å². The standard InChI is InChI=1S/C21H19F3N6O2/c1-12-3-4-13(19(31)28-15-7-5-14(6-8-15)21(22,23)24)9-16(12)29-20(32)30(2)18-10-17(25)26-11-27-18/h3-11H,1-2H3,(H,28,31)(H,29,32)(H2,25,26,27). The van der Waals surface area contributed by atoms with E-state index in [1.54, 1.807) is 19.1 Å². The van der Waals surface area contributed by atoms with E-state index in [0.29, 0.717) is 11.3 Å². The Morgan fingerprint density at radius 3 is 2.31 bits per heavy atom. The number of anilines is 4. The molecule has 0 atom stereocenters. The molecule has 0 aliphatic carbocycles. The first kappa shape index (κ1) is 22.5. The van der Waals surface area contributed by atoms with Gasteiger partial charge in [0.05, 0.1) is 5.56 Å². The zero-order chi connectivity index (χ0) is 23.5. The molecule has 3 amide bonds.